The maximum atomic E-state index is 13.7. The molecule has 0 radical (unpaired) electrons. The first kappa shape index (κ1) is 35.6. The molecule has 1 aliphatic rings. The number of ether oxygens (including phenoxy) is 2. The smallest absolute Gasteiger partial charge is 0.235 e. The van der Waals surface area contributed by atoms with E-state index in [9.17, 15) is 4.79 Å². The summed E-state index contributed by atoms with van der Waals surface area (Å²) in [7, 11) is -1.83. The zero-order valence-corrected chi connectivity index (χ0v) is 30.7. The molecular weight excluding hydrogens is 705 g/mol. The molecule has 2 heterocycles. The van der Waals surface area contributed by atoms with E-state index in [0.717, 1.165) is 69.4 Å². The van der Waals surface area contributed by atoms with Crippen LogP contribution in [0.25, 0.3) is 22.3 Å². The zero-order chi connectivity index (χ0) is 33.3. The highest BCUT2D eigenvalue weighted by Crippen LogP contribution is 2.56. The summed E-state index contributed by atoms with van der Waals surface area (Å²) in [5.41, 5.74) is 2.40. The number of rotatable bonds is 13. The SMILES string of the molecule is O=c1c(OCCCCCC[P+](c2ccccc2)(c2ccccc2)c2ccccc2)c(-c2ccc(N3CCOCC3)cc2)oc2ccccc12.[Br-]. The maximum absolute atomic E-state index is 13.7. The molecule has 5 aromatic carbocycles. The molecule has 1 fully saturated rings. The number of unbranched alkanes of at least 4 members (excludes halogenated alkanes) is 3. The van der Waals surface area contributed by atoms with Crippen molar-refractivity contribution in [3.05, 3.63) is 150 Å². The van der Waals surface area contributed by atoms with Gasteiger partial charge < -0.3 is 35.8 Å². The topological polar surface area (TPSA) is 51.9 Å². The van der Waals surface area contributed by atoms with Gasteiger partial charge in [-0.3, -0.25) is 4.79 Å². The van der Waals surface area contributed by atoms with Gasteiger partial charge in [-0.15, -0.1) is 0 Å². The number of hydrogen-bond acceptors (Lipinski definition) is 5. The van der Waals surface area contributed by atoms with E-state index in [1.807, 2.05) is 30.3 Å². The number of nitrogens with zero attached hydrogens (tertiary/aromatic N) is 1. The first-order valence-electron chi connectivity index (χ1n) is 17.4. The second-order valence-electron chi connectivity index (χ2n) is 12.5. The van der Waals surface area contributed by atoms with Crippen LogP contribution < -0.4 is 48.0 Å². The van der Waals surface area contributed by atoms with Crippen LogP contribution in [0.4, 0.5) is 5.69 Å². The van der Waals surface area contributed by atoms with Crippen LogP contribution in [0.5, 0.6) is 5.75 Å². The minimum atomic E-state index is -1.83. The van der Waals surface area contributed by atoms with E-state index in [-0.39, 0.29) is 22.4 Å². The lowest BCUT2D eigenvalue weighted by molar-refractivity contribution is -0.0000111. The average molecular weight is 749 g/mol. The standard InChI is InChI=1S/C43H43NO4P.BrH/c45-41-39-22-12-13-23-40(39)48-42(34-24-26-35(27-25-34)44-28-31-46-32-29-44)43(41)47-30-14-1-2-15-33-49(36-16-6-3-7-17-36,37-18-8-4-9-19-37)38-20-10-5-11-21-38;/h3-13,16-27H,1-2,14-15,28-33H2;1H/q+1;/p-1. The molecule has 0 unspecified atom stereocenters. The fourth-order valence-corrected chi connectivity index (χ4v) is 11.4. The number of para-hydroxylation sites is 1. The van der Waals surface area contributed by atoms with E-state index in [1.54, 1.807) is 6.07 Å². The Morgan fingerprint density at radius 1 is 0.620 bits per heavy atom. The Bertz CT molecular complexity index is 1900. The Kier molecular flexibility index (Phi) is 12.2. The Labute approximate surface area is 306 Å². The lowest BCUT2D eigenvalue weighted by Crippen LogP contribution is -3.00. The summed E-state index contributed by atoms with van der Waals surface area (Å²) >= 11 is 0. The van der Waals surface area contributed by atoms with Crippen molar-refractivity contribution in [1.82, 2.24) is 0 Å². The summed E-state index contributed by atoms with van der Waals surface area (Å²) in [4.78, 5) is 16.0. The highest BCUT2D eigenvalue weighted by atomic mass is 79.9. The quantitative estimate of drug-likeness (QED) is 0.120. The second kappa shape index (κ2) is 17.1. The second-order valence-corrected chi connectivity index (χ2v) is 16.2. The van der Waals surface area contributed by atoms with Gasteiger partial charge in [-0.1, -0.05) is 66.7 Å². The van der Waals surface area contributed by atoms with Gasteiger partial charge in [0, 0.05) is 24.3 Å². The van der Waals surface area contributed by atoms with Gasteiger partial charge in [-0.2, -0.15) is 0 Å². The zero-order valence-electron chi connectivity index (χ0n) is 28.3. The Morgan fingerprint density at radius 3 is 1.76 bits per heavy atom. The van der Waals surface area contributed by atoms with Gasteiger partial charge in [-0.25, -0.2) is 0 Å². The van der Waals surface area contributed by atoms with Crippen molar-refractivity contribution in [3.63, 3.8) is 0 Å². The van der Waals surface area contributed by atoms with E-state index in [0.29, 0.717) is 29.1 Å². The summed E-state index contributed by atoms with van der Waals surface area (Å²) in [6.07, 6.45) is 5.16. The fourth-order valence-electron chi connectivity index (χ4n) is 6.95. The van der Waals surface area contributed by atoms with Gasteiger partial charge in [-0.05, 0) is 98.5 Å². The van der Waals surface area contributed by atoms with Crippen molar-refractivity contribution >= 4 is 39.8 Å². The van der Waals surface area contributed by atoms with E-state index in [2.05, 4.69) is 108 Å². The number of benzene rings is 5. The molecule has 256 valence electrons. The molecule has 1 aliphatic heterocycles. The van der Waals surface area contributed by atoms with Crippen LogP contribution in [0.15, 0.2) is 149 Å². The van der Waals surface area contributed by atoms with Crippen LogP contribution in [-0.2, 0) is 4.74 Å². The Hall–Kier alpha value is -4.22. The monoisotopic (exact) mass is 747 g/mol. The lowest BCUT2D eigenvalue weighted by Gasteiger charge is -2.28. The average Bonchev–Trinajstić information content (AvgIpc) is 3.18. The molecule has 50 heavy (non-hydrogen) atoms. The van der Waals surface area contributed by atoms with Gasteiger partial charge >= 0.3 is 0 Å². The van der Waals surface area contributed by atoms with Crippen LogP contribution in [0.3, 0.4) is 0 Å². The first-order valence-corrected chi connectivity index (χ1v) is 19.4. The van der Waals surface area contributed by atoms with Gasteiger partial charge in [0.25, 0.3) is 0 Å². The van der Waals surface area contributed by atoms with Crippen LogP contribution in [0.2, 0.25) is 0 Å². The van der Waals surface area contributed by atoms with E-state index in [1.165, 1.54) is 15.9 Å². The van der Waals surface area contributed by atoms with E-state index in [4.69, 9.17) is 13.9 Å². The van der Waals surface area contributed by atoms with Crippen LogP contribution in [-0.4, -0.2) is 39.1 Å². The molecule has 0 aliphatic carbocycles. The molecule has 0 atom stereocenters. The minimum Gasteiger partial charge on any atom is -1.00 e. The number of halogens is 1. The maximum Gasteiger partial charge on any atom is 0.235 e. The Morgan fingerprint density at radius 2 is 1.16 bits per heavy atom. The minimum absolute atomic E-state index is 0. The first-order chi connectivity index (χ1) is 24.2. The molecular formula is C43H43BrNO4P. The molecule has 1 aromatic heterocycles. The van der Waals surface area contributed by atoms with Crippen molar-refractivity contribution < 1.29 is 30.9 Å². The molecule has 7 heteroatoms. The summed E-state index contributed by atoms with van der Waals surface area (Å²) in [5, 5.41) is 4.80. The normalized spacial score (nSPS) is 13.2. The fraction of sp³-hybridized carbons (Fsp3) is 0.233. The summed E-state index contributed by atoms with van der Waals surface area (Å²) in [6, 6.07) is 48.8. The highest BCUT2D eigenvalue weighted by molar-refractivity contribution is 7.95. The molecule has 0 N–H and O–H groups in total. The van der Waals surface area contributed by atoms with Crippen molar-refractivity contribution in [2.75, 3.05) is 44.0 Å². The van der Waals surface area contributed by atoms with Crippen molar-refractivity contribution in [1.29, 1.82) is 0 Å². The summed E-state index contributed by atoms with van der Waals surface area (Å²) < 4.78 is 18.2. The van der Waals surface area contributed by atoms with Gasteiger partial charge in [0.1, 0.15) is 28.8 Å². The number of fused-ring (bicyclic) bond motifs is 1. The largest absolute Gasteiger partial charge is 1.00 e. The van der Waals surface area contributed by atoms with Gasteiger partial charge in [0.05, 0.1) is 31.4 Å². The highest BCUT2D eigenvalue weighted by Gasteiger charge is 2.44. The third-order valence-electron chi connectivity index (χ3n) is 9.49. The van der Waals surface area contributed by atoms with Gasteiger partial charge in [0.15, 0.2) is 5.76 Å². The Balaban J connectivity index is 0.00000432. The molecule has 0 amide bonds. The molecule has 0 saturated carbocycles. The van der Waals surface area contributed by atoms with Crippen molar-refractivity contribution in [2.24, 2.45) is 0 Å². The van der Waals surface area contributed by atoms with Gasteiger partial charge in [0.2, 0.25) is 11.2 Å². The molecule has 6 aromatic rings. The number of anilines is 1. The third kappa shape index (κ3) is 7.73. The van der Waals surface area contributed by atoms with Crippen molar-refractivity contribution in [2.45, 2.75) is 25.7 Å². The number of hydrogen-bond donors (Lipinski definition) is 0. The van der Waals surface area contributed by atoms with Crippen LogP contribution in [0.1, 0.15) is 25.7 Å². The predicted octanol–water partition coefficient (Wildman–Crippen LogP) is 5.23. The van der Waals surface area contributed by atoms with E-state index < -0.39 is 7.26 Å². The van der Waals surface area contributed by atoms with Crippen molar-refractivity contribution in [3.8, 4) is 17.1 Å². The van der Waals surface area contributed by atoms with E-state index >= 15 is 0 Å². The molecule has 0 bridgehead atoms. The lowest BCUT2D eigenvalue weighted by atomic mass is 10.1. The number of morpholine rings is 1. The third-order valence-corrected chi connectivity index (χ3v) is 14.0. The summed E-state index contributed by atoms with van der Waals surface area (Å²) in [5.74, 6) is 0.778. The molecule has 5 nitrogen and oxygen atoms in total. The molecule has 7 rings (SSSR count). The molecule has 1 saturated heterocycles. The molecule has 0 spiro atoms. The summed E-state index contributed by atoms with van der Waals surface area (Å²) in [6.45, 7) is 3.65. The predicted molar refractivity (Wildman–Crippen MR) is 205 cm³/mol. The van der Waals surface area contributed by atoms with Crippen LogP contribution >= 0.6 is 7.26 Å². The van der Waals surface area contributed by atoms with Crippen LogP contribution in [0, 0.1) is 0 Å².